The fraction of sp³-hybridized carbons (Fsp3) is 0.467. The predicted octanol–water partition coefficient (Wildman–Crippen LogP) is 2.27. The normalized spacial score (nSPS) is 13.4. The molecule has 2 rings (SSSR count). The summed E-state index contributed by atoms with van der Waals surface area (Å²) in [6.07, 6.45) is 1.58. The van der Waals surface area contributed by atoms with E-state index in [9.17, 15) is 9.59 Å². The van der Waals surface area contributed by atoms with Crippen LogP contribution in [0.5, 0.6) is 0 Å². The van der Waals surface area contributed by atoms with Crippen molar-refractivity contribution in [2.75, 3.05) is 30.7 Å². The SMILES string of the molecule is CCCNCCNC(=O)c1ccc2c(c1)NC(=O)CCS2.Cl. The van der Waals surface area contributed by atoms with Crippen LogP contribution in [0, 0.1) is 0 Å². The van der Waals surface area contributed by atoms with Gasteiger partial charge in [-0.25, -0.2) is 0 Å². The fourth-order valence-electron chi connectivity index (χ4n) is 2.03. The Bertz CT molecular complexity index is 526. The quantitative estimate of drug-likeness (QED) is 0.693. The molecule has 122 valence electrons. The third-order valence-electron chi connectivity index (χ3n) is 3.12. The highest BCUT2D eigenvalue weighted by Gasteiger charge is 2.15. The van der Waals surface area contributed by atoms with Crippen molar-refractivity contribution in [3.63, 3.8) is 0 Å². The number of nitrogens with one attached hydrogen (secondary N) is 3. The van der Waals surface area contributed by atoms with Crippen LogP contribution in [-0.4, -0.2) is 37.2 Å². The molecule has 0 bridgehead atoms. The molecule has 0 radical (unpaired) electrons. The van der Waals surface area contributed by atoms with E-state index in [0.717, 1.165) is 35.8 Å². The fourth-order valence-corrected chi connectivity index (χ4v) is 2.97. The van der Waals surface area contributed by atoms with E-state index in [1.54, 1.807) is 23.9 Å². The van der Waals surface area contributed by atoms with Gasteiger partial charge in [-0.1, -0.05) is 6.92 Å². The maximum absolute atomic E-state index is 12.1. The summed E-state index contributed by atoms with van der Waals surface area (Å²) in [5.74, 6) is 0.662. The van der Waals surface area contributed by atoms with Crippen LogP contribution in [0.2, 0.25) is 0 Å². The molecule has 0 fully saturated rings. The van der Waals surface area contributed by atoms with E-state index in [1.807, 2.05) is 6.07 Å². The van der Waals surface area contributed by atoms with Crippen LogP contribution in [0.3, 0.4) is 0 Å². The van der Waals surface area contributed by atoms with Gasteiger partial charge in [0.2, 0.25) is 5.91 Å². The van der Waals surface area contributed by atoms with Gasteiger partial charge in [0.15, 0.2) is 0 Å². The van der Waals surface area contributed by atoms with Crippen LogP contribution in [-0.2, 0) is 4.79 Å². The van der Waals surface area contributed by atoms with Gasteiger partial charge < -0.3 is 16.0 Å². The highest BCUT2D eigenvalue weighted by atomic mass is 35.5. The number of rotatable bonds is 6. The number of thioether (sulfide) groups is 1. The van der Waals surface area contributed by atoms with Crippen LogP contribution >= 0.6 is 24.2 Å². The van der Waals surface area contributed by atoms with Crippen LogP contribution in [0.25, 0.3) is 0 Å². The van der Waals surface area contributed by atoms with Crippen molar-refractivity contribution in [1.29, 1.82) is 0 Å². The highest BCUT2D eigenvalue weighted by molar-refractivity contribution is 7.99. The monoisotopic (exact) mass is 343 g/mol. The Morgan fingerprint density at radius 2 is 2.14 bits per heavy atom. The smallest absolute Gasteiger partial charge is 0.251 e. The first-order valence-corrected chi connectivity index (χ1v) is 8.25. The summed E-state index contributed by atoms with van der Waals surface area (Å²) in [5.41, 5.74) is 1.31. The summed E-state index contributed by atoms with van der Waals surface area (Å²) in [7, 11) is 0. The molecule has 3 N–H and O–H groups in total. The van der Waals surface area contributed by atoms with Crippen molar-refractivity contribution in [2.45, 2.75) is 24.7 Å². The Morgan fingerprint density at radius 3 is 2.91 bits per heavy atom. The average Bonchev–Trinajstić information content (AvgIpc) is 2.66. The molecule has 1 aromatic rings. The van der Waals surface area contributed by atoms with Gasteiger partial charge in [0, 0.05) is 35.7 Å². The van der Waals surface area contributed by atoms with Gasteiger partial charge >= 0.3 is 0 Å². The van der Waals surface area contributed by atoms with E-state index in [1.165, 1.54) is 0 Å². The molecular formula is C15H22ClN3O2S. The van der Waals surface area contributed by atoms with Crippen molar-refractivity contribution in [3.8, 4) is 0 Å². The van der Waals surface area contributed by atoms with Crippen LogP contribution in [0.1, 0.15) is 30.1 Å². The maximum atomic E-state index is 12.1. The average molecular weight is 344 g/mol. The predicted molar refractivity (Wildman–Crippen MR) is 93.2 cm³/mol. The van der Waals surface area contributed by atoms with Crippen LogP contribution < -0.4 is 16.0 Å². The second kappa shape index (κ2) is 9.71. The van der Waals surface area contributed by atoms with Crippen molar-refractivity contribution in [2.24, 2.45) is 0 Å². The van der Waals surface area contributed by atoms with Crippen molar-refractivity contribution >= 4 is 41.7 Å². The lowest BCUT2D eigenvalue weighted by Crippen LogP contribution is -2.32. The molecule has 0 saturated carbocycles. The van der Waals surface area contributed by atoms with Gasteiger partial charge in [-0.05, 0) is 31.2 Å². The third kappa shape index (κ3) is 5.51. The number of amides is 2. The van der Waals surface area contributed by atoms with Crippen molar-refractivity contribution in [1.82, 2.24) is 10.6 Å². The largest absolute Gasteiger partial charge is 0.351 e. The molecule has 22 heavy (non-hydrogen) atoms. The summed E-state index contributed by atoms with van der Waals surface area (Å²) in [4.78, 5) is 24.7. The molecule has 7 heteroatoms. The van der Waals surface area contributed by atoms with Gasteiger partial charge in [-0.3, -0.25) is 9.59 Å². The molecule has 0 atom stereocenters. The molecular weight excluding hydrogens is 322 g/mol. The minimum absolute atomic E-state index is 0. The van der Waals surface area contributed by atoms with Crippen LogP contribution in [0.15, 0.2) is 23.1 Å². The van der Waals surface area contributed by atoms with E-state index in [-0.39, 0.29) is 24.2 Å². The highest BCUT2D eigenvalue weighted by Crippen LogP contribution is 2.31. The standard InChI is InChI=1S/C15H21N3O2S.ClH/c1-2-6-16-7-8-17-15(20)11-3-4-13-12(10-11)18-14(19)5-9-21-13;/h3-4,10,16H,2,5-9H2,1H3,(H,17,20)(H,18,19);1H. The van der Waals surface area contributed by atoms with E-state index in [4.69, 9.17) is 0 Å². The molecule has 1 aliphatic heterocycles. The summed E-state index contributed by atoms with van der Waals surface area (Å²) >= 11 is 1.64. The van der Waals surface area contributed by atoms with E-state index in [0.29, 0.717) is 18.5 Å². The topological polar surface area (TPSA) is 70.2 Å². The minimum Gasteiger partial charge on any atom is -0.351 e. The zero-order valence-electron chi connectivity index (χ0n) is 12.6. The van der Waals surface area contributed by atoms with Gasteiger partial charge in [-0.15, -0.1) is 24.2 Å². The number of carbonyl (C=O) groups is 2. The molecule has 0 unspecified atom stereocenters. The second-order valence-electron chi connectivity index (χ2n) is 4.86. The lowest BCUT2D eigenvalue weighted by atomic mass is 10.2. The molecule has 1 aliphatic rings. The third-order valence-corrected chi connectivity index (χ3v) is 4.19. The minimum atomic E-state index is -0.111. The number of benzene rings is 1. The van der Waals surface area contributed by atoms with Gasteiger partial charge in [0.25, 0.3) is 5.91 Å². The zero-order valence-corrected chi connectivity index (χ0v) is 14.2. The molecule has 5 nitrogen and oxygen atoms in total. The molecule has 0 saturated heterocycles. The lowest BCUT2D eigenvalue weighted by molar-refractivity contribution is -0.115. The summed E-state index contributed by atoms with van der Waals surface area (Å²) < 4.78 is 0. The van der Waals surface area contributed by atoms with Crippen molar-refractivity contribution < 1.29 is 9.59 Å². The first kappa shape index (κ1) is 18.8. The second-order valence-corrected chi connectivity index (χ2v) is 6.00. The van der Waals surface area contributed by atoms with Crippen molar-refractivity contribution in [3.05, 3.63) is 23.8 Å². The summed E-state index contributed by atoms with van der Waals surface area (Å²) in [6, 6.07) is 5.45. The van der Waals surface area contributed by atoms with Gasteiger partial charge in [-0.2, -0.15) is 0 Å². The maximum Gasteiger partial charge on any atom is 0.251 e. The Labute approximate surface area is 141 Å². The number of hydrogen-bond acceptors (Lipinski definition) is 4. The number of anilines is 1. The Hall–Kier alpha value is -1.24. The molecule has 2 amide bonds. The molecule has 0 spiro atoms. The summed E-state index contributed by atoms with van der Waals surface area (Å²) in [6.45, 7) is 4.42. The molecule has 0 aliphatic carbocycles. The molecule has 1 aromatic carbocycles. The Balaban J connectivity index is 0.00000242. The molecule has 0 aromatic heterocycles. The first-order chi connectivity index (χ1) is 10.2. The zero-order chi connectivity index (χ0) is 15.1. The Morgan fingerprint density at radius 1 is 1.32 bits per heavy atom. The van der Waals surface area contributed by atoms with Gasteiger partial charge in [0.05, 0.1) is 5.69 Å². The first-order valence-electron chi connectivity index (χ1n) is 7.26. The number of hydrogen-bond donors (Lipinski definition) is 3. The van der Waals surface area contributed by atoms with E-state index >= 15 is 0 Å². The Kier molecular flexibility index (Phi) is 8.30. The van der Waals surface area contributed by atoms with E-state index in [2.05, 4.69) is 22.9 Å². The molecule has 1 heterocycles. The number of fused-ring (bicyclic) bond motifs is 1. The van der Waals surface area contributed by atoms with Crippen LogP contribution in [0.4, 0.5) is 5.69 Å². The number of halogens is 1. The van der Waals surface area contributed by atoms with E-state index < -0.39 is 0 Å². The van der Waals surface area contributed by atoms with Gasteiger partial charge in [0.1, 0.15) is 0 Å². The number of carbonyl (C=O) groups excluding carboxylic acids is 2. The summed E-state index contributed by atoms with van der Waals surface area (Å²) in [5, 5.41) is 8.95. The lowest BCUT2D eigenvalue weighted by Gasteiger charge is -2.10.